The van der Waals surface area contributed by atoms with Gasteiger partial charge in [0.2, 0.25) is 5.16 Å². The molecule has 0 aliphatic carbocycles. The minimum atomic E-state index is 0.472. The molecule has 2 aromatic rings. The van der Waals surface area contributed by atoms with Crippen molar-refractivity contribution in [2.24, 2.45) is 7.05 Å². The summed E-state index contributed by atoms with van der Waals surface area (Å²) in [5.41, 5.74) is 2.31. The Morgan fingerprint density at radius 2 is 2.19 bits per heavy atom. The second kappa shape index (κ2) is 7.56. The van der Waals surface area contributed by atoms with Gasteiger partial charge in [-0.1, -0.05) is 32.5 Å². The number of aromatic nitrogens is 6. The first-order valence-electron chi connectivity index (χ1n) is 7.24. The first-order chi connectivity index (χ1) is 10.1. The molecule has 21 heavy (non-hydrogen) atoms. The van der Waals surface area contributed by atoms with Crippen LogP contribution in [0.4, 0.5) is 0 Å². The highest BCUT2D eigenvalue weighted by molar-refractivity contribution is 7.98. The van der Waals surface area contributed by atoms with Crippen molar-refractivity contribution in [1.82, 2.24) is 35.3 Å². The lowest BCUT2D eigenvalue weighted by Gasteiger charge is -2.08. The first-order valence-corrected chi connectivity index (χ1v) is 8.22. The number of tetrazole rings is 1. The Morgan fingerprint density at radius 3 is 2.86 bits per heavy atom. The minimum Gasteiger partial charge on any atom is -0.313 e. The number of nitrogens with one attached hydrogen (secondary N) is 1. The monoisotopic (exact) mass is 309 g/mol. The largest absolute Gasteiger partial charge is 0.313 e. The molecular formula is C13H23N7S. The van der Waals surface area contributed by atoms with Crippen molar-refractivity contribution >= 4 is 11.8 Å². The number of nitrogens with zero attached hydrogens (tertiary/aromatic N) is 6. The first kappa shape index (κ1) is 16.0. The Labute approximate surface area is 129 Å². The highest BCUT2D eigenvalue weighted by Gasteiger charge is 2.10. The molecule has 0 saturated carbocycles. The lowest BCUT2D eigenvalue weighted by Crippen LogP contribution is -2.27. The van der Waals surface area contributed by atoms with Crippen LogP contribution >= 0.6 is 11.8 Å². The number of hydrogen-bond acceptors (Lipinski definition) is 6. The van der Waals surface area contributed by atoms with Gasteiger partial charge in [-0.3, -0.25) is 4.68 Å². The summed E-state index contributed by atoms with van der Waals surface area (Å²) in [7, 11) is 1.98. The quantitative estimate of drug-likeness (QED) is 0.740. The molecule has 0 fully saturated rings. The molecule has 0 bridgehead atoms. The number of hydrogen-bond donors (Lipinski definition) is 1. The predicted octanol–water partition coefficient (Wildman–Crippen LogP) is 1.26. The van der Waals surface area contributed by atoms with E-state index in [1.54, 1.807) is 11.8 Å². The Kier molecular flexibility index (Phi) is 5.75. The molecule has 2 rings (SSSR count). The van der Waals surface area contributed by atoms with Crippen LogP contribution in [-0.4, -0.2) is 42.6 Å². The van der Waals surface area contributed by atoms with Gasteiger partial charge >= 0.3 is 0 Å². The van der Waals surface area contributed by atoms with Crippen molar-refractivity contribution < 1.29 is 0 Å². The summed E-state index contributed by atoms with van der Waals surface area (Å²) in [5.74, 6) is 0.821. The Balaban J connectivity index is 1.91. The Bertz CT molecular complexity index is 561. The van der Waals surface area contributed by atoms with Gasteiger partial charge in [-0.05, 0) is 22.9 Å². The third kappa shape index (κ3) is 4.53. The van der Waals surface area contributed by atoms with E-state index in [1.807, 2.05) is 16.4 Å². The van der Waals surface area contributed by atoms with Gasteiger partial charge in [-0.2, -0.15) is 5.10 Å². The summed E-state index contributed by atoms with van der Waals surface area (Å²) in [5, 5.41) is 20.6. The van der Waals surface area contributed by atoms with Gasteiger partial charge < -0.3 is 5.32 Å². The molecule has 2 aromatic heterocycles. The van der Waals surface area contributed by atoms with Crippen LogP contribution in [0.1, 0.15) is 32.2 Å². The van der Waals surface area contributed by atoms with Crippen molar-refractivity contribution in [3.63, 3.8) is 0 Å². The summed E-state index contributed by atoms with van der Waals surface area (Å²) in [6.45, 7) is 8.01. The molecule has 2 heterocycles. The third-order valence-electron chi connectivity index (χ3n) is 3.11. The summed E-state index contributed by atoms with van der Waals surface area (Å²) < 4.78 is 3.78. The molecule has 8 heteroatoms. The van der Waals surface area contributed by atoms with E-state index in [2.05, 4.69) is 52.8 Å². The zero-order valence-corrected chi connectivity index (χ0v) is 13.9. The highest BCUT2D eigenvalue weighted by atomic mass is 32.2. The third-order valence-corrected chi connectivity index (χ3v) is 4.10. The molecular weight excluding hydrogens is 286 g/mol. The van der Waals surface area contributed by atoms with Crippen molar-refractivity contribution in [2.45, 2.75) is 50.7 Å². The molecule has 0 saturated heterocycles. The Hall–Kier alpha value is -1.41. The van der Waals surface area contributed by atoms with E-state index < -0.39 is 0 Å². The van der Waals surface area contributed by atoms with Gasteiger partial charge in [0.25, 0.3) is 0 Å². The fourth-order valence-electron chi connectivity index (χ4n) is 1.92. The van der Waals surface area contributed by atoms with Crippen LogP contribution in [0.2, 0.25) is 0 Å². The predicted molar refractivity (Wildman–Crippen MR) is 83.1 cm³/mol. The van der Waals surface area contributed by atoms with Crippen LogP contribution < -0.4 is 5.32 Å². The number of thioether (sulfide) groups is 1. The number of rotatable bonds is 8. The van der Waals surface area contributed by atoms with Crippen molar-refractivity contribution in [1.29, 1.82) is 0 Å². The molecule has 0 amide bonds. The standard InChI is InChI=1S/C13H23N7S/c1-5-11-8-12(19(4)16-11)9-21-13-15-17-18-20(13)7-6-14-10(2)3/h8,10,14H,5-7,9H2,1-4H3. The molecule has 116 valence electrons. The summed E-state index contributed by atoms with van der Waals surface area (Å²) >= 11 is 1.64. The normalized spacial score (nSPS) is 11.5. The van der Waals surface area contributed by atoms with E-state index in [-0.39, 0.29) is 0 Å². The van der Waals surface area contributed by atoms with Gasteiger partial charge in [-0.15, -0.1) is 5.10 Å². The fourth-order valence-corrected chi connectivity index (χ4v) is 2.84. The summed E-state index contributed by atoms with van der Waals surface area (Å²) in [6.07, 6.45) is 0.955. The molecule has 0 unspecified atom stereocenters. The zero-order valence-electron chi connectivity index (χ0n) is 13.1. The van der Waals surface area contributed by atoms with Crippen LogP contribution in [0.25, 0.3) is 0 Å². The summed E-state index contributed by atoms with van der Waals surface area (Å²) in [4.78, 5) is 0. The highest BCUT2D eigenvalue weighted by Crippen LogP contribution is 2.20. The van der Waals surface area contributed by atoms with E-state index in [0.29, 0.717) is 6.04 Å². The van der Waals surface area contributed by atoms with Crippen LogP contribution in [0.15, 0.2) is 11.2 Å². The van der Waals surface area contributed by atoms with E-state index in [4.69, 9.17) is 0 Å². The zero-order chi connectivity index (χ0) is 15.2. The smallest absolute Gasteiger partial charge is 0.209 e. The molecule has 7 nitrogen and oxygen atoms in total. The molecule has 0 aliphatic rings. The summed E-state index contributed by atoms with van der Waals surface area (Å²) in [6, 6.07) is 2.61. The van der Waals surface area contributed by atoms with Gasteiger partial charge in [0, 0.05) is 31.1 Å². The van der Waals surface area contributed by atoms with Crippen LogP contribution in [0, 0.1) is 0 Å². The molecule has 0 atom stereocenters. The second-order valence-corrected chi connectivity index (χ2v) is 6.13. The van der Waals surface area contributed by atoms with Gasteiger partial charge in [0.15, 0.2) is 0 Å². The maximum atomic E-state index is 4.46. The minimum absolute atomic E-state index is 0.472. The van der Waals surface area contributed by atoms with E-state index in [0.717, 1.165) is 36.1 Å². The van der Waals surface area contributed by atoms with Crippen molar-refractivity contribution in [3.05, 3.63) is 17.5 Å². The Morgan fingerprint density at radius 1 is 1.38 bits per heavy atom. The van der Waals surface area contributed by atoms with Gasteiger partial charge in [-0.25, -0.2) is 4.68 Å². The second-order valence-electron chi connectivity index (χ2n) is 5.19. The van der Waals surface area contributed by atoms with Gasteiger partial charge in [0.05, 0.1) is 12.2 Å². The van der Waals surface area contributed by atoms with Gasteiger partial charge in [0.1, 0.15) is 0 Å². The van der Waals surface area contributed by atoms with E-state index >= 15 is 0 Å². The average Bonchev–Trinajstić information content (AvgIpc) is 3.02. The lowest BCUT2D eigenvalue weighted by molar-refractivity contribution is 0.485. The van der Waals surface area contributed by atoms with Crippen LogP contribution in [0.3, 0.4) is 0 Å². The SMILES string of the molecule is CCc1cc(CSc2nnnn2CCNC(C)C)n(C)n1. The number of aryl methyl sites for hydroxylation is 2. The van der Waals surface area contributed by atoms with Crippen molar-refractivity contribution in [3.8, 4) is 0 Å². The van der Waals surface area contributed by atoms with Crippen LogP contribution in [-0.2, 0) is 25.8 Å². The molecule has 0 aliphatic heterocycles. The lowest BCUT2D eigenvalue weighted by atomic mass is 10.3. The molecule has 0 spiro atoms. The van der Waals surface area contributed by atoms with Crippen molar-refractivity contribution in [2.75, 3.05) is 6.54 Å². The maximum absolute atomic E-state index is 4.46. The van der Waals surface area contributed by atoms with Crippen LogP contribution in [0.5, 0.6) is 0 Å². The molecule has 1 N–H and O–H groups in total. The van der Waals surface area contributed by atoms with E-state index in [1.165, 1.54) is 5.69 Å². The average molecular weight is 309 g/mol. The molecule has 0 radical (unpaired) electrons. The maximum Gasteiger partial charge on any atom is 0.209 e. The van der Waals surface area contributed by atoms with E-state index in [9.17, 15) is 0 Å². The topological polar surface area (TPSA) is 73.5 Å². The molecule has 0 aromatic carbocycles. The fraction of sp³-hybridized carbons (Fsp3) is 0.692.